The van der Waals surface area contributed by atoms with Crippen LogP contribution in [0, 0.1) is 109 Å². The van der Waals surface area contributed by atoms with Crippen molar-refractivity contribution in [2.24, 2.45) is 109 Å². The summed E-state index contributed by atoms with van der Waals surface area (Å²) >= 11 is 0. The number of Topliss-reactive ketones (excluding diaryl/α,β-unsaturated/α-hetero) is 1. The van der Waals surface area contributed by atoms with Crippen molar-refractivity contribution < 1.29 is 53.1 Å². The molecule has 1 aromatic carbocycles. The standard InChI is InChI=1S/C74H96N2O11/c1-41(2)27-49-32-50-31-47-17-22-69(24-23-68(38-69)20-8-9-21-68)70(47)35-46-34-66(3)62(52-19-26-83-56(52)33-53(55(78)37-77)44-15-16-51-45(30-44)18-25-76-40-75-36-54(51)76)85-65(82)63-74(66,86-63)72(48-14-10-13-43(29-48)28-42-11-6-5-7-12-42)58(46)71-39-84-64(81)60(70)73(50,71)87-67(49,4)59(71)57(79)61(72)80/h5-7,11-12,18-19,25-26,32,41,43-49,51,53-55,58-63,75,77-78,80H,8-10,13-17,20-24,27-31,33-40H2,1-4H3/t43-,44+,45-,46+,47+,48+,49-,51+,53+,54-,55-,58-,59-,60+,61-,62+,63-,66+,67+,69+,70-,71-,72+,73+,74-/m1/s1. The second-order valence-corrected chi connectivity index (χ2v) is 33.7. The van der Waals surface area contributed by atoms with Gasteiger partial charge in [-0.3, -0.25) is 14.9 Å². The number of carbonyl (C=O) groups excluding carboxylic acids is 3. The highest BCUT2D eigenvalue weighted by molar-refractivity contribution is 5.94. The molecule has 0 amide bonds. The van der Waals surface area contributed by atoms with Gasteiger partial charge in [0, 0.05) is 41.3 Å². The topological polar surface area (TPSA) is 181 Å². The van der Waals surface area contributed by atoms with Crippen molar-refractivity contribution in [1.82, 2.24) is 10.2 Å². The number of rotatable bonds is 11. The molecule has 25 atom stereocenters. The molecule has 16 aliphatic rings. The van der Waals surface area contributed by atoms with Crippen molar-refractivity contribution in [3.05, 3.63) is 83.5 Å². The monoisotopic (exact) mass is 1190 g/mol. The Balaban J connectivity index is 0.844. The maximum absolute atomic E-state index is 17.4. The van der Waals surface area contributed by atoms with Gasteiger partial charge in [0.15, 0.2) is 11.9 Å². The number of cyclic esters (lactones) is 2. The number of fused-ring (bicyclic) bond motifs is 5. The zero-order chi connectivity index (χ0) is 59.2. The molecule has 14 fully saturated rings. The number of aliphatic hydroxyl groups is 3. The van der Waals surface area contributed by atoms with E-state index in [1.807, 2.05) is 6.07 Å². The number of hydrogen-bond acceptors (Lipinski definition) is 13. The second-order valence-electron chi connectivity index (χ2n) is 33.7. The first kappa shape index (κ1) is 55.9. The number of carbonyl (C=O) groups is 3. The molecule has 0 unspecified atom stereocenters. The Morgan fingerprint density at radius 1 is 0.862 bits per heavy atom. The van der Waals surface area contributed by atoms with E-state index in [4.69, 9.17) is 23.4 Å². The number of allylic oxidation sites excluding steroid dienone is 1. The molecule has 13 nitrogen and oxygen atoms in total. The van der Waals surface area contributed by atoms with Crippen molar-refractivity contribution >= 4 is 17.7 Å². The van der Waals surface area contributed by atoms with Crippen LogP contribution in [0.5, 0.6) is 0 Å². The van der Waals surface area contributed by atoms with Crippen molar-refractivity contribution in [3.8, 4) is 0 Å². The number of nitrogens with zero attached hydrogens (tertiary/aromatic N) is 1. The fourth-order valence-corrected chi connectivity index (χ4v) is 28.1. The summed E-state index contributed by atoms with van der Waals surface area (Å²) in [6.45, 7) is 10.6. The molecule has 7 aliphatic heterocycles. The maximum Gasteiger partial charge on any atom is 0.339 e. The fourth-order valence-electron chi connectivity index (χ4n) is 28.1. The van der Waals surface area contributed by atoms with Gasteiger partial charge in [0.2, 0.25) is 0 Å². The van der Waals surface area contributed by atoms with Gasteiger partial charge in [-0.05, 0) is 215 Å². The van der Waals surface area contributed by atoms with Gasteiger partial charge in [-0.1, -0.05) is 88.9 Å². The van der Waals surface area contributed by atoms with Gasteiger partial charge in [0.1, 0.15) is 35.8 Å². The summed E-state index contributed by atoms with van der Waals surface area (Å²) in [4.78, 5) is 52.0. The lowest BCUT2D eigenvalue weighted by Crippen LogP contribution is -2.82. The van der Waals surface area contributed by atoms with Gasteiger partial charge >= 0.3 is 11.9 Å². The molecule has 5 saturated heterocycles. The van der Waals surface area contributed by atoms with Gasteiger partial charge < -0.3 is 43.6 Å². The minimum atomic E-state index is -1.51. The lowest BCUT2D eigenvalue weighted by Gasteiger charge is -2.73. The first-order valence-electron chi connectivity index (χ1n) is 35.2. The van der Waals surface area contributed by atoms with Crippen LogP contribution >= 0.6 is 0 Å². The molecule has 1 aromatic heterocycles. The first-order chi connectivity index (χ1) is 42.0. The number of esters is 2. The van der Waals surface area contributed by atoms with E-state index in [1.54, 1.807) is 6.26 Å². The summed E-state index contributed by atoms with van der Waals surface area (Å²) in [7, 11) is 0. The maximum atomic E-state index is 17.4. The molecule has 0 radical (unpaired) electrons. The van der Waals surface area contributed by atoms with E-state index in [0.29, 0.717) is 42.4 Å². The molecule has 6 spiro atoms. The number of epoxide rings is 1. The van der Waals surface area contributed by atoms with Gasteiger partial charge in [0.25, 0.3) is 0 Å². The zero-order valence-electron chi connectivity index (χ0n) is 52.1. The van der Waals surface area contributed by atoms with Crippen LogP contribution in [0.2, 0.25) is 0 Å². The van der Waals surface area contributed by atoms with E-state index >= 15 is 14.4 Å². The van der Waals surface area contributed by atoms with Crippen LogP contribution in [0.15, 0.2) is 71.0 Å². The summed E-state index contributed by atoms with van der Waals surface area (Å²) in [5, 5.41) is 41.4. The molecule has 468 valence electrons. The van der Waals surface area contributed by atoms with Crippen LogP contribution in [0.4, 0.5) is 0 Å². The highest BCUT2D eigenvalue weighted by Crippen LogP contribution is 2.92. The smallest absolute Gasteiger partial charge is 0.339 e. The van der Waals surface area contributed by atoms with Crippen LogP contribution in [0.1, 0.15) is 179 Å². The third-order valence-corrected chi connectivity index (χ3v) is 30.4. The van der Waals surface area contributed by atoms with E-state index in [1.165, 1.54) is 43.2 Å². The molecule has 5 bridgehead atoms. The molecule has 2 aromatic rings. The molecule has 87 heavy (non-hydrogen) atoms. The van der Waals surface area contributed by atoms with Crippen molar-refractivity contribution in [2.75, 3.05) is 26.4 Å². The van der Waals surface area contributed by atoms with E-state index in [0.717, 1.165) is 115 Å². The van der Waals surface area contributed by atoms with Crippen LogP contribution in [0.3, 0.4) is 0 Å². The number of hydrogen-bond donors (Lipinski definition) is 4. The normalized spacial score (nSPS) is 51.0. The van der Waals surface area contributed by atoms with Gasteiger partial charge in [-0.25, -0.2) is 4.79 Å². The quantitative estimate of drug-likeness (QED) is 0.0949. The molecular formula is C74H96N2O11. The Labute approximate surface area is 514 Å². The highest BCUT2D eigenvalue weighted by Gasteiger charge is 2.99. The van der Waals surface area contributed by atoms with E-state index in [9.17, 15) is 15.3 Å². The third-order valence-electron chi connectivity index (χ3n) is 30.4. The SMILES string of the molecule is CC(C)C[C@@H]1C=C2C[C@@H]3CC[C@@]4(CCC5(CCCC5)C4)[C@]34C[C@@H]3C[C@@]5(C)[C@H](c6ccoc6C[C@@H]([C@H]6CC[C@H]7[C@H](C=CN8CNC[C@H]78)C6)[C@H](O)CO)OC(=O)[C@H]6O[C@]65[C@]5([C@H]6CCC[C@H](Cc7ccccc7)C6)[C@H](O)C(=O)[C@@H]6[C@@]1(C)O[C@]21[C@H]4C(=O)OC[C@@]61[C@@H]35. The van der Waals surface area contributed by atoms with Gasteiger partial charge in [-0.2, -0.15) is 0 Å². The van der Waals surface area contributed by atoms with Crippen LogP contribution in [0.25, 0.3) is 0 Å². The van der Waals surface area contributed by atoms with Gasteiger partial charge in [-0.15, -0.1) is 0 Å². The average Bonchev–Trinajstić information content (AvgIpc) is 1.44. The van der Waals surface area contributed by atoms with Gasteiger partial charge in [0.05, 0.1) is 48.5 Å². The molecule has 13 heteroatoms. The number of benzene rings is 1. The molecule has 18 rings (SSSR count). The second kappa shape index (κ2) is 18.7. The predicted molar refractivity (Wildman–Crippen MR) is 321 cm³/mol. The van der Waals surface area contributed by atoms with E-state index < -0.39 is 86.6 Å². The molecule has 8 heterocycles. The van der Waals surface area contributed by atoms with Crippen LogP contribution in [-0.2, 0) is 46.2 Å². The Kier molecular flexibility index (Phi) is 12.0. The fraction of sp³-hybridized carbons (Fsp3) is 0.770. The Hall–Kier alpha value is -3.85. The number of aliphatic hydroxyl groups excluding tert-OH is 3. The molecular weight excluding hydrogens is 1090 g/mol. The lowest BCUT2D eigenvalue weighted by molar-refractivity contribution is -0.301. The first-order valence-corrected chi connectivity index (χ1v) is 35.2. The summed E-state index contributed by atoms with van der Waals surface area (Å²) in [6, 6.07) is 13.2. The Bertz CT molecular complexity index is 3240. The Morgan fingerprint density at radius 3 is 2.52 bits per heavy atom. The summed E-state index contributed by atoms with van der Waals surface area (Å²) in [5.41, 5.74) is -4.05. The average molecular weight is 1190 g/mol. The van der Waals surface area contributed by atoms with E-state index in [-0.39, 0.29) is 77.2 Å². The minimum absolute atomic E-state index is 0.0493. The lowest BCUT2D eigenvalue weighted by atomic mass is 9.29. The summed E-state index contributed by atoms with van der Waals surface area (Å²) in [6.07, 6.45) is 25.6. The molecule has 9 saturated carbocycles. The molecule has 9 aliphatic carbocycles. The molecule has 4 N–H and O–H groups in total. The number of ketones is 1. The number of nitrogens with one attached hydrogen (secondary N) is 1. The van der Waals surface area contributed by atoms with Crippen LogP contribution < -0.4 is 5.32 Å². The third kappa shape index (κ3) is 6.68. The van der Waals surface area contributed by atoms with Crippen molar-refractivity contribution in [1.29, 1.82) is 0 Å². The van der Waals surface area contributed by atoms with Crippen molar-refractivity contribution in [3.63, 3.8) is 0 Å². The predicted octanol–water partition coefficient (Wildman–Crippen LogP) is 10.8. The highest BCUT2D eigenvalue weighted by atomic mass is 16.7. The number of furan rings is 1. The van der Waals surface area contributed by atoms with Crippen molar-refractivity contribution in [2.45, 2.75) is 216 Å². The number of ether oxygens (including phenoxy) is 4. The van der Waals surface area contributed by atoms with E-state index in [2.05, 4.69) is 86.6 Å². The summed E-state index contributed by atoms with van der Waals surface area (Å²) in [5.74, 6) is -1.01. The van der Waals surface area contributed by atoms with Crippen LogP contribution in [-0.4, -0.2) is 106 Å². The zero-order valence-corrected chi connectivity index (χ0v) is 52.1. The summed E-state index contributed by atoms with van der Waals surface area (Å²) < 4.78 is 37.2. The minimum Gasteiger partial charge on any atom is -0.469 e. The largest absolute Gasteiger partial charge is 0.469 e. The Morgan fingerprint density at radius 2 is 1.70 bits per heavy atom.